The summed E-state index contributed by atoms with van der Waals surface area (Å²) < 4.78 is 6.00. The standard InChI is InChI=1S/C28H25ClN4O5/c1-17-22(27(35)33(30-17)20-5-3-4-19(14-20)28(36)37)16-21-7-9-25(38-21)18-6-8-24(29)23(15-18)26(34)32-12-10-31(2)11-13-32/h3-9,14-16H,10-13H2,1-2H3,(H,36,37). The zero-order valence-corrected chi connectivity index (χ0v) is 21.6. The van der Waals surface area contributed by atoms with Crippen LogP contribution < -0.4 is 5.01 Å². The highest BCUT2D eigenvalue weighted by Gasteiger charge is 2.29. The number of carboxylic acid groups (broad SMARTS) is 1. The van der Waals surface area contributed by atoms with Crippen molar-refractivity contribution >= 4 is 46.9 Å². The molecule has 38 heavy (non-hydrogen) atoms. The molecule has 2 aliphatic heterocycles. The maximum atomic E-state index is 13.1. The minimum Gasteiger partial charge on any atom is -0.478 e. The number of hydrazone groups is 1. The highest BCUT2D eigenvalue weighted by molar-refractivity contribution is 6.34. The first-order valence-electron chi connectivity index (χ1n) is 12.0. The smallest absolute Gasteiger partial charge is 0.335 e. The summed E-state index contributed by atoms with van der Waals surface area (Å²) in [4.78, 5) is 41.5. The van der Waals surface area contributed by atoms with Crippen LogP contribution in [0.15, 0.2) is 69.7 Å². The van der Waals surface area contributed by atoms with Gasteiger partial charge in [0.1, 0.15) is 11.5 Å². The fourth-order valence-corrected chi connectivity index (χ4v) is 4.58. The second kappa shape index (κ2) is 10.3. The number of likely N-dealkylation sites (N-methyl/N-ethyl adjacent to an activating group) is 1. The number of carboxylic acids is 1. The average molecular weight is 533 g/mol. The number of hydrogen-bond donors (Lipinski definition) is 1. The molecule has 1 saturated heterocycles. The minimum atomic E-state index is -1.09. The van der Waals surface area contributed by atoms with Gasteiger partial charge in [-0.15, -0.1) is 0 Å². The Kier molecular flexibility index (Phi) is 6.88. The van der Waals surface area contributed by atoms with Gasteiger partial charge in [0, 0.05) is 31.7 Å². The molecule has 2 aliphatic rings. The molecule has 194 valence electrons. The molecule has 0 bridgehead atoms. The highest BCUT2D eigenvalue weighted by atomic mass is 35.5. The molecule has 1 aromatic heterocycles. The Hall–Kier alpha value is -4.21. The number of hydrogen-bond acceptors (Lipinski definition) is 6. The molecule has 0 unspecified atom stereocenters. The topological polar surface area (TPSA) is 107 Å². The predicted molar refractivity (Wildman–Crippen MR) is 145 cm³/mol. The van der Waals surface area contributed by atoms with Crippen molar-refractivity contribution in [2.45, 2.75) is 6.92 Å². The molecule has 1 fully saturated rings. The fraction of sp³-hybridized carbons (Fsp3) is 0.214. The molecule has 3 heterocycles. The summed E-state index contributed by atoms with van der Waals surface area (Å²) in [7, 11) is 2.03. The number of halogens is 1. The molecule has 0 spiro atoms. The quantitative estimate of drug-likeness (QED) is 0.485. The zero-order valence-electron chi connectivity index (χ0n) is 20.8. The molecule has 2 aromatic carbocycles. The molecule has 5 rings (SSSR count). The molecular formula is C28H25ClN4O5. The fourth-order valence-electron chi connectivity index (χ4n) is 4.38. The molecule has 0 radical (unpaired) electrons. The molecule has 0 aliphatic carbocycles. The van der Waals surface area contributed by atoms with E-state index in [0.29, 0.717) is 57.7 Å². The Labute approximate surface area is 224 Å². The van der Waals surface area contributed by atoms with E-state index in [1.54, 1.807) is 60.4 Å². The number of piperazine rings is 1. The van der Waals surface area contributed by atoms with Gasteiger partial charge in [-0.3, -0.25) is 9.59 Å². The van der Waals surface area contributed by atoms with Crippen LogP contribution >= 0.6 is 11.6 Å². The van der Waals surface area contributed by atoms with Gasteiger partial charge in [-0.05, 0) is 68.6 Å². The first-order valence-corrected chi connectivity index (χ1v) is 12.4. The van der Waals surface area contributed by atoms with Crippen LogP contribution in [0.3, 0.4) is 0 Å². The number of anilines is 1. The van der Waals surface area contributed by atoms with E-state index in [1.165, 1.54) is 17.1 Å². The Morgan fingerprint density at radius 3 is 2.55 bits per heavy atom. The van der Waals surface area contributed by atoms with Crippen molar-refractivity contribution in [3.8, 4) is 11.3 Å². The zero-order chi connectivity index (χ0) is 27.0. The van der Waals surface area contributed by atoms with Crippen LogP contribution in [0.5, 0.6) is 0 Å². The summed E-state index contributed by atoms with van der Waals surface area (Å²) in [5.74, 6) is -0.648. The number of amides is 2. The van der Waals surface area contributed by atoms with Crippen molar-refractivity contribution in [2.24, 2.45) is 5.10 Å². The molecule has 9 nitrogen and oxygen atoms in total. The van der Waals surface area contributed by atoms with E-state index in [0.717, 1.165) is 13.1 Å². The van der Waals surface area contributed by atoms with Crippen LogP contribution in [-0.4, -0.2) is 71.6 Å². The summed E-state index contributed by atoms with van der Waals surface area (Å²) in [6, 6.07) is 14.7. The maximum absolute atomic E-state index is 13.1. The van der Waals surface area contributed by atoms with Gasteiger partial charge >= 0.3 is 5.97 Å². The first-order chi connectivity index (χ1) is 18.2. The van der Waals surface area contributed by atoms with Gasteiger partial charge in [0.2, 0.25) is 0 Å². The molecular weight excluding hydrogens is 508 g/mol. The Morgan fingerprint density at radius 2 is 1.82 bits per heavy atom. The van der Waals surface area contributed by atoms with E-state index in [1.807, 2.05) is 7.05 Å². The number of benzene rings is 2. The lowest BCUT2D eigenvalue weighted by atomic mass is 10.1. The van der Waals surface area contributed by atoms with Crippen LogP contribution in [0.1, 0.15) is 33.4 Å². The van der Waals surface area contributed by atoms with Gasteiger partial charge in [-0.1, -0.05) is 17.7 Å². The lowest BCUT2D eigenvalue weighted by Gasteiger charge is -2.32. The van der Waals surface area contributed by atoms with Crippen LogP contribution in [0.25, 0.3) is 17.4 Å². The summed E-state index contributed by atoms with van der Waals surface area (Å²) in [5.41, 5.74) is 2.32. The lowest BCUT2D eigenvalue weighted by molar-refractivity contribution is -0.114. The van der Waals surface area contributed by atoms with Gasteiger partial charge in [0.05, 0.1) is 33.1 Å². The SMILES string of the molecule is CC1=NN(c2cccc(C(=O)O)c2)C(=O)C1=Cc1ccc(-c2ccc(Cl)c(C(=O)N3CCN(C)CC3)c2)o1. The number of rotatable bonds is 5. The molecule has 0 saturated carbocycles. The predicted octanol–water partition coefficient (Wildman–Crippen LogP) is 4.49. The second-order valence-corrected chi connectivity index (χ2v) is 9.62. The summed E-state index contributed by atoms with van der Waals surface area (Å²) >= 11 is 6.38. The van der Waals surface area contributed by atoms with Gasteiger partial charge < -0.3 is 19.3 Å². The first kappa shape index (κ1) is 25.4. The van der Waals surface area contributed by atoms with Crippen molar-refractivity contribution in [2.75, 3.05) is 38.2 Å². The third kappa shape index (κ3) is 4.98. The molecule has 3 aromatic rings. The third-order valence-electron chi connectivity index (χ3n) is 6.59. The Morgan fingerprint density at radius 1 is 1.05 bits per heavy atom. The number of nitrogens with zero attached hydrogens (tertiary/aromatic N) is 4. The lowest BCUT2D eigenvalue weighted by Crippen LogP contribution is -2.47. The summed E-state index contributed by atoms with van der Waals surface area (Å²) in [6.07, 6.45) is 1.60. The molecule has 10 heteroatoms. The van der Waals surface area contributed by atoms with Gasteiger partial charge in [0.15, 0.2) is 0 Å². The summed E-state index contributed by atoms with van der Waals surface area (Å²) in [6.45, 7) is 4.60. The summed E-state index contributed by atoms with van der Waals surface area (Å²) in [5, 5.41) is 15.1. The monoisotopic (exact) mass is 532 g/mol. The molecule has 1 N–H and O–H groups in total. The minimum absolute atomic E-state index is 0.0599. The second-order valence-electron chi connectivity index (χ2n) is 9.21. The van der Waals surface area contributed by atoms with Crippen molar-refractivity contribution < 1.29 is 23.9 Å². The number of carbonyl (C=O) groups excluding carboxylic acids is 2. The molecule has 0 atom stereocenters. The van der Waals surface area contributed by atoms with Gasteiger partial charge in [-0.25, -0.2) is 4.79 Å². The number of aromatic carboxylic acids is 1. The van der Waals surface area contributed by atoms with Crippen molar-refractivity contribution in [3.63, 3.8) is 0 Å². The largest absolute Gasteiger partial charge is 0.478 e. The maximum Gasteiger partial charge on any atom is 0.335 e. The van der Waals surface area contributed by atoms with Crippen LogP contribution in [-0.2, 0) is 4.79 Å². The Bertz CT molecular complexity index is 1500. The van der Waals surface area contributed by atoms with Gasteiger partial charge in [-0.2, -0.15) is 10.1 Å². The van der Waals surface area contributed by atoms with Gasteiger partial charge in [0.25, 0.3) is 11.8 Å². The van der Waals surface area contributed by atoms with Crippen LogP contribution in [0, 0.1) is 0 Å². The Balaban J connectivity index is 1.37. The van der Waals surface area contributed by atoms with Crippen LogP contribution in [0.2, 0.25) is 5.02 Å². The van der Waals surface area contributed by atoms with E-state index in [4.69, 9.17) is 16.0 Å². The number of carbonyl (C=O) groups is 3. The normalized spacial score (nSPS) is 17.3. The van der Waals surface area contributed by atoms with Crippen LogP contribution in [0.4, 0.5) is 5.69 Å². The average Bonchev–Trinajstić information content (AvgIpc) is 3.49. The van der Waals surface area contributed by atoms with E-state index in [-0.39, 0.29) is 11.5 Å². The van der Waals surface area contributed by atoms with E-state index >= 15 is 0 Å². The molecule has 2 amide bonds. The third-order valence-corrected chi connectivity index (χ3v) is 6.91. The number of furan rings is 1. The van der Waals surface area contributed by atoms with Crippen molar-refractivity contribution in [3.05, 3.63) is 82.1 Å². The van der Waals surface area contributed by atoms with E-state index in [2.05, 4.69) is 10.0 Å². The van der Waals surface area contributed by atoms with E-state index < -0.39 is 11.9 Å². The van der Waals surface area contributed by atoms with E-state index in [9.17, 15) is 19.5 Å². The highest BCUT2D eigenvalue weighted by Crippen LogP contribution is 2.30. The van der Waals surface area contributed by atoms with Crippen molar-refractivity contribution in [1.82, 2.24) is 9.80 Å². The van der Waals surface area contributed by atoms with Crippen molar-refractivity contribution in [1.29, 1.82) is 0 Å².